The second kappa shape index (κ2) is 1.51. The van der Waals surface area contributed by atoms with E-state index in [9.17, 15) is 5.21 Å². The third-order valence-electron chi connectivity index (χ3n) is 0.499. The van der Waals surface area contributed by atoms with Gasteiger partial charge in [0.1, 0.15) is 6.20 Å². The molecule has 0 N–H and O–H groups in total. The first-order valence-electron chi connectivity index (χ1n) is 1.75. The molecule has 0 aliphatic carbocycles. The molecule has 1 heterocycles. The summed E-state index contributed by atoms with van der Waals surface area (Å²) in [6, 6.07) is 0. The summed E-state index contributed by atoms with van der Waals surface area (Å²) in [6.45, 7) is 0. The van der Waals surface area contributed by atoms with Gasteiger partial charge in [-0.15, -0.1) is 4.85 Å². The topological polar surface area (TPSA) is 52.7 Å². The number of rotatable bonds is 0. The van der Waals surface area contributed by atoms with Crippen molar-refractivity contribution in [2.45, 2.75) is 0 Å². The zero-order valence-corrected chi connectivity index (χ0v) is 3.48. The zero-order valence-electron chi connectivity index (χ0n) is 3.48. The molecule has 0 saturated carbocycles. The summed E-state index contributed by atoms with van der Waals surface area (Å²) < 4.78 is 0. The van der Waals surface area contributed by atoms with E-state index in [0.717, 1.165) is 6.33 Å². The minimum atomic E-state index is 0.389. The first-order valence-corrected chi connectivity index (χ1v) is 1.75. The molecule has 0 saturated heterocycles. The maximum absolute atomic E-state index is 10.0. The Labute approximate surface area is 40.0 Å². The summed E-state index contributed by atoms with van der Waals surface area (Å²) in [5.41, 5.74) is 0. The van der Waals surface area contributed by atoms with Crippen LogP contribution < -0.4 is 4.85 Å². The van der Waals surface area contributed by atoms with Crippen LogP contribution in [0.1, 0.15) is 0 Å². The van der Waals surface area contributed by atoms with E-state index in [2.05, 4.69) is 10.1 Å². The highest BCUT2D eigenvalue weighted by Crippen LogP contribution is 1.57. The van der Waals surface area contributed by atoms with Crippen LogP contribution in [0, 0.1) is 5.21 Å². The Morgan fingerprint density at radius 1 is 1.43 bits per heavy atom. The Bertz CT molecular complexity index is 140. The molecule has 1 aromatic heterocycles. The van der Waals surface area contributed by atoms with Crippen molar-refractivity contribution in [2.75, 3.05) is 0 Å². The maximum atomic E-state index is 10.0. The number of aromatic nitrogens is 3. The van der Waals surface area contributed by atoms with Gasteiger partial charge < -0.3 is 5.21 Å². The molecule has 0 atom stereocenters. The van der Waals surface area contributed by atoms with Crippen molar-refractivity contribution in [1.29, 1.82) is 0 Å². The quantitative estimate of drug-likeness (QED) is 0.311. The Morgan fingerprint density at radius 3 is 2.57 bits per heavy atom. The molecule has 7 heavy (non-hydrogen) atoms. The third-order valence-corrected chi connectivity index (χ3v) is 0.499. The standard InChI is InChI=1S/C3H3N3O/c7-6-3-4-1-2-5-6/h1-3H. The van der Waals surface area contributed by atoms with Crippen LogP contribution in [0.2, 0.25) is 0 Å². The Kier molecular flexibility index (Phi) is 0.856. The monoisotopic (exact) mass is 97.0 g/mol. The molecule has 1 aromatic rings. The molecule has 0 radical (unpaired) electrons. The highest BCUT2D eigenvalue weighted by Gasteiger charge is 1.77. The predicted molar refractivity (Wildman–Crippen MR) is 21.0 cm³/mol. The maximum Gasteiger partial charge on any atom is 0.310 e. The SMILES string of the molecule is [O-][n+]1cnccn1. The van der Waals surface area contributed by atoms with Gasteiger partial charge >= 0.3 is 6.33 Å². The largest absolute Gasteiger partial charge is 0.691 e. The van der Waals surface area contributed by atoms with Crippen molar-refractivity contribution >= 4 is 0 Å². The van der Waals surface area contributed by atoms with E-state index in [-0.39, 0.29) is 0 Å². The molecular weight excluding hydrogens is 94.1 g/mol. The lowest BCUT2D eigenvalue weighted by atomic mass is 10.9. The lowest BCUT2D eigenvalue weighted by molar-refractivity contribution is -0.672. The highest BCUT2D eigenvalue weighted by atomic mass is 16.5. The number of nitrogens with zero attached hydrogens (tertiary/aromatic N) is 3. The first-order chi connectivity index (χ1) is 3.39. The average Bonchev–Trinajstić information content (AvgIpc) is 1.69. The fraction of sp³-hybridized carbons (Fsp3) is 0. The fourth-order valence-corrected chi connectivity index (χ4v) is 0.259. The van der Waals surface area contributed by atoms with Crippen molar-refractivity contribution in [3.63, 3.8) is 0 Å². The normalized spacial score (nSPS) is 8.57. The zero-order chi connectivity index (χ0) is 5.11. The van der Waals surface area contributed by atoms with E-state index < -0.39 is 0 Å². The molecule has 1 rings (SSSR count). The molecule has 4 heteroatoms. The molecule has 0 aliphatic heterocycles. The Hall–Kier alpha value is -1.19. The van der Waals surface area contributed by atoms with Gasteiger partial charge in [-0.3, -0.25) is 0 Å². The second-order valence-corrected chi connectivity index (χ2v) is 0.981. The molecule has 0 fully saturated rings. The summed E-state index contributed by atoms with van der Waals surface area (Å²) in [5, 5.41) is 13.3. The highest BCUT2D eigenvalue weighted by molar-refractivity contribution is 4.55. The molecule has 0 amide bonds. The van der Waals surface area contributed by atoms with E-state index in [1.54, 1.807) is 0 Å². The van der Waals surface area contributed by atoms with Gasteiger partial charge in [0.15, 0.2) is 6.20 Å². The van der Waals surface area contributed by atoms with Gasteiger partial charge in [-0.2, -0.15) is 0 Å². The lowest BCUT2D eigenvalue weighted by Gasteiger charge is -1.89. The van der Waals surface area contributed by atoms with Gasteiger partial charge in [0.25, 0.3) is 0 Å². The van der Waals surface area contributed by atoms with Crippen LogP contribution in [-0.4, -0.2) is 10.1 Å². The summed E-state index contributed by atoms with van der Waals surface area (Å²) in [4.78, 5) is 3.86. The number of hydrogen-bond donors (Lipinski definition) is 0. The molecule has 0 unspecified atom stereocenters. The Morgan fingerprint density at radius 2 is 2.29 bits per heavy atom. The van der Waals surface area contributed by atoms with Crippen molar-refractivity contribution in [2.24, 2.45) is 0 Å². The number of hydrogen-bond acceptors (Lipinski definition) is 3. The van der Waals surface area contributed by atoms with Crippen molar-refractivity contribution < 1.29 is 4.85 Å². The summed E-state index contributed by atoms with van der Waals surface area (Å²) in [6.07, 6.45) is 3.85. The van der Waals surface area contributed by atoms with Gasteiger partial charge in [0.05, 0.1) is 0 Å². The van der Waals surface area contributed by atoms with E-state index in [4.69, 9.17) is 0 Å². The van der Waals surface area contributed by atoms with Gasteiger partial charge in [-0.05, 0) is 0 Å². The van der Waals surface area contributed by atoms with Crippen molar-refractivity contribution in [3.8, 4) is 0 Å². The van der Waals surface area contributed by atoms with Crippen LogP contribution in [0.4, 0.5) is 0 Å². The van der Waals surface area contributed by atoms with Crippen LogP contribution in [0.3, 0.4) is 0 Å². The Balaban J connectivity index is 3.02. The van der Waals surface area contributed by atoms with Crippen molar-refractivity contribution in [1.82, 2.24) is 10.1 Å². The van der Waals surface area contributed by atoms with E-state index in [1.165, 1.54) is 12.4 Å². The molecular formula is C3H3N3O. The summed E-state index contributed by atoms with van der Waals surface area (Å²) in [5.74, 6) is 0. The van der Waals surface area contributed by atoms with Gasteiger partial charge in [0, 0.05) is 0 Å². The van der Waals surface area contributed by atoms with Crippen LogP contribution in [0.25, 0.3) is 0 Å². The molecule has 0 aromatic carbocycles. The van der Waals surface area contributed by atoms with E-state index >= 15 is 0 Å². The van der Waals surface area contributed by atoms with Crippen LogP contribution in [0.5, 0.6) is 0 Å². The third kappa shape index (κ3) is 0.819. The second-order valence-electron chi connectivity index (χ2n) is 0.981. The molecule has 0 aliphatic rings. The average molecular weight is 97.1 g/mol. The van der Waals surface area contributed by atoms with Crippen molar-refractivity contribution in [3.05, 3.63) is 23.9 Å². The molecule has 4 nitrogen and oxygen atoms in total. The van der Waals surface area contributed by atoms with E-state index in [0.29, 0.717) is 4.85 Å². The molecule has 0 bridgehead atoms. The lowest BCUT2D eigenvalue weighted by Crippen LogP contribution is -2.29. The molecule has 0 spiro atoms. The smallest absolute Gasteiger partial charge is 0.310 e. The van der Waals surface area contributed by atoms with E-state index in [1.807, 2.05) is 0 Å². The first kappa shape index (κ1) is 3.98. The van der Waals surface area contributed by atoms with Crippen LogP contribution >= 0.6 is 0 Å². The fourth-order valence-electron chi connectivity index (χ4n) is 0.259. The van der Waals surface area contributed by atoms with Crippen LogP contribution in [0.15, 0.2) is 18.7 Å². The minimum absolute atomic E-state index is 0.389. The van der Waals surface area contributed by atoms with Gasteiger partial charge in [-0.1, -0.05) is 10.1 Å². The summed E-state index contributed by atoms with van der Waals surface area (Å²) >= 11 is 0. The molecule has 36 valence electrons. The van der Waals surface area contributed by atoms with Gasteiger partial charge in [-0.25, -0.2) is 0 Å². The summed E-state index contributed by atoms with van der Waals surface area (Å²) in [7, 11) is 0. The minimum Gasteiger partial charge on any atom is -0.691 e. The predicted octanol–water partition coefficient (Wildman–Crippen LogP) is -0.890. The van der Waals surface area contributed by atoms with Crippen LogP contribution in [-0.2, 0) is 0 Å². The van der Waals surface area contributed by atoms with Gasteiger partial charge in [0.2, 0.25) is 0 Å².